The van der Waals surface area contributed by atoms with Crippen molar-refractivity contribution in [3.63, 3.8) is 0 Å². The summed E-state index contributed by atoms with van der Waals surface area (Å²) in [6.07, 6.45) is -1.47. The molecule has 2 nitrogen and oxygen atoms in total. The molecule has 0 N–H and O–H groups in total. The Kier molecular flexibility index (Phi) is 5.21. The van der Waals surface area contributed by atoms with E-state index < -0.39 is 11.8 Å². The lowest BCUT2D eigenvalue weighted by atomic mass is 9.88. The van der Waals surface area contributed by atoms with E-state index in [4.69, 9.17) is 7.73 Å². The maximum absolute atomic E-state index is 8.87. The molecule has 6 rings (SSSR count). The van der Waals surface area contributed by atoms with Gasteiger partial charge >= 0.3 is 0 Å². The van der Waals surface area contributed by atoms with Gasteiger partial charge in [-0.2, -0.15) is 0 Å². The zero-order valence-electron chi connectivity index (χ0n) is 24.0. The topological polar surface area (TPSA) is 17.8 Å². The van der Waals surface area contributed by atoms with Gasteiger partial charge in [0, 0.05) is 29.5 Å². The molecule has 0 aliphatic rings. The van der Waals surface area contributed by atoms with Crippen molar-refractivity contribution in [2.24, 2.45) is 5.41 Å². The molecule has 3 heteroatoms. The minimum atomic E-state index is -1.47. The van der Waals surface area contributed by atoms with Gasteiger partial charge in [0.2, 0.25) is 0 Å². The van der Waals surface area contributed by atoms with E-state index in [1.54, 1.807) is 11.3 Å². The monoisotopic (exact) mass is 502 g/mol. The SMILES string of the molecule is [2H]C([2H])(c1ccc2scc(-c3nc4ccccc4n3-c3cc(C)c(-c4ccccc4)c(C)c3)c2c1)C(C)(C)C. The molecule has 37 heavy (non-hydrogen) atoms. The van der Waals surface area contributed by atoms with Gasteiger partial charge < -0.3 is 0 Å². The number of para-hydroxylation sites is 2. The number of aryl methyl sites for hydroxylation is 2. The fourth-order valence-electron chi connectivity index (χ4n) is 5.31. The van der Waals surface area contributed by atoms with Crippen LogP contribution in [0.2, 0.25) is 0 Å². The molecule has 0 bridgehead atoms. The quantitative estimate of drug-likeness (QED) is 0.234. The lowest BCUT2D eigenvalue weighted by Gasteiger charge is -2.18. The molecule has 0 amide bonds. The van der Waals surface area contributed by atoms with Crippen LogP contribution >= 0.6 is 11.3 Å². The number of fused-ring (bicyclic) bond motifs is 2. The second-order valence-corrected chi connectivity index (χ2v) is 11.7. The Morgan fingerprint density at radius 1 is 0.865 bits per heavy atom. The molecule has 6 aromatic rings. The predicted molar refractivity (Wildman–Crippen MR) is 160 cm³/mol. The third-order valence-corrected chi connectivity index (χ3v) is 7.70. The van der Waals surface area contributed by atoms with E-state index in [2.05, 4.69) is 90.5 Å². The predicted octanol–water partition coefficient (Wildman–Crippen LogP) is 9.78. The standard InChI is InChI=1S/C34H32N2S/c1-22-17-26(18-23(2)32(22)25-11-7-6-8-12-25)36-30-14-10-9-13-29(30)35-33(36)28-21-37-31-16-15-24(19-27(28)31)20-34(3,4)5/h6-19,21H,20H2,1-5H3/i20D2. The molecule has 0 aliphatic carbocycles. The third-order valence-electron chi connectivity index (χ3n) is 6.73. The molecular weight excluding hydrogens is 468 g/mol. The van der Waals surface area contributed by atoms with Crippen molar-refractivity contribution < 1.29 is 2.74 Å². The number of rotatable bonds is 4. The van der Waals surface area contributed by atoms with E-state index in [-0.39, 0.29) is 0 Å². The van der Waals surface area contributed by atoms with Crippen LogP contribution in [0.1, 0.15) is 40.2 Å². The third kappa shape index (κ3) is 4.38. The molecular formula is C34H32N2S. The van der Waals surface area contributed by atoms with Crippen LogP contribution in [0.5, 0.6) is 0 Å². The normalized spacial score (nSPS) is 13.2. The number of hydrogen-bond donors (Lipinski definition) is 0. The van der Waals surface area contributed by atoms with Crippen molar-refractivity contribution in [3.05, 3.63) is 107 Å². The average Bonchev–Trinajstić information content (AvgIpc) is 3.49. The van der Waals surface area contributed by atoms with Crippen LogP contribution < -0.4 is 0 Å². The highest BCUT2D eigenvalue weighted by atomic mass is 32.1. The van der Waals surface area contributed by atoms with Crippen molar-refractivity contribution in [1.82, 2.24) is 9.55 Å². The van der Waals surface area contributed by atoms with Crippen LogP contribution in [-0.4, -0.2) is 9.55 Å². The summed E-state index contributed by atoms with van der Waals surface area (Å²) < 4.78 is 21.1. The van der Waals surface area contributed by atoms with E-state index >= 15 is 0 Å². The van der Waals surface area contributed by atoms with Crippen molar-refractivity contribution >= 4 is 32.5 Å². The highest BCUT2D eigenvalue weighted by Crippen LogP contribution is 2.39. The molecule has 184 valence electrons. The summed E-state index contributed by atoms with van der Waals surface area (Å²) in [6.45, 7) is 10.2. The molecule has 2 aromatic heterocycles. The van der Waals surface area contributed by atoms with E-state index in [9.17, 15) is 0 Å². The van der Waals surface area contributed by atoms with Gasteiger partial charge in [0.25, 0.3) is 0 Å². The first-order valence-electron chi connectivity index (χ1n) is 13.7. The highest BCUT2D eigenvalue weighted by Gasteiger charge is 2.20. The summed E-state index contributed by atoms with van der Waals surface area (Å²) in [5, 5.41) is 3.20. The smallest absolute Gasteiger partial charge is 0.147 e. The summed E-state index contributed by atoms with van der Waals surface area (Å²) >= 11 is 1.68. The maximum atomic E-state index is 8.87. The summed E-state index contributed by atoms with van der Waals surface area (Å²) in [5.74, 6) is 0.877. The molecule has 2 heterocycles. The summed E-state index contributed by atoms with van der Waals surface area (Å²) in [5.41, 5.74) is 9.19. The van der Waals surface area contributed by atoms with Gasteiger partial charge in [-0.3, -0.25) is 4.57 Å². The zero-order valence-corrected chi connectivity index (χ0v) is 22.8. The molecule has 0 unspecified atom stereocenters. The van der Waals surface area contributed by atoms with Crippen LogP contribution in [0.15, 0.2) is 90.3 Å². The second kappa shape index (κ2) is 9.00. The number of benzene rings is 4. The van der Waals surface area contributed by atoms with Crippen LogP contribution in [0.3, 0.4) is 0 Å². The second-order valence-electron chi connectivity index (χ2n) is 10.8. The minimum absolute atomic E-state index is 0.528. The summed E-state index contributed by atoms with van der Waals surface area (Å²) in [6, 6.07) is 29.4. The van der Waals surface area contributed by atoms with Gasteiger partial charge in [0.05, 0.1) is 11.0 Å². The molecule has 0 saturated carbocycles. The molecule has 0 saturated heterocycles. The molecule has 0 radical (unpaired) electrons. The fourth-order valence-corrected chi connectivity index (χ4v) is 6.23. The van der Waals surface area contributed by atoms with Gasteiger partial charge in [-0.15, -0.1) is 11.3 Å². The van der Waals surface area contributed by atoms with Gasteiger partial charge in [0.1, 0.15) is 5.82 Å². The van der Waals surface area contributed by atoms with E-state index in [0.29, 0.717) is 5.56 Å². The molecule has 0 aliphatic heterocycles. The summed E-state index contributed by atoms with van der Waals surface area (Å²) in [4.78, 5) is 5.14. The van der Waals surface area contributed by atoms with Crippen LogP contribution in [0, 0.1) is 19.3 Å². The summed E-state index contributed by atoms with van der Waals surface area (Å²) in [7, 11) is 0. The number of aromatic nitrogens is 2. The Balaban J connectivity index is 1.59. The average molecular weight is 503 g/mol. The van der Waals surface area contributed by atoms with Gasteiger partial charge in [-0.1, -0.05) is 69.3 Å². The maximum Gasteiger partial charge on any atom is 0.147 e. The molecule has 0 atom stereocenters. The van der Waals surface area contributed by atoms with E-state index in [1.165, 1.54) is 22.3 Å². The van der Waals surface area contributed by atoms with Gasteiger partial charge in [0.15, 0.2) is 0 Å². The lowest BCUT2D eigenvalue weighted by molar-refractivity contribution is 0.411. The molecule has 4 aromatic carbocycles. The first kappa shape index (κ1) is 21.4. The van der Waals surface area contributed by atoms with Crippen LogP contribution in [-0.2, 0) is 6.37 Å². The first-order valence-corrected chi connectivity index (χ1v) is 13.6. The van der Waals surface area contributed by atoms with E-state index in [0.717, 1.165) is 38.2 Å². The fraction of sp³-hybridized carbons (Fsp3) is 0.206. The van der Waals surface area contributed by atoms with E-state index in [1.807, 2.05) is 39.0 Å². The Labute approximate surface area is 226 Å². The Bertz CT molecular complexity index is 1820. The lowest BCUT2D eigenvalue weighted by Crippen LogP contribution is -2.08. The number of hydrogen-bond acceptors (Lipinski definition) is 2. The Hall–Kier alpha value is -3.69. The van der Waals surface area contributed by atoms with Gasteiger partial charge in [-0.25, -0.2) is 4.98 Å². The highest BCUT2D eigenvalue weighted by molar-refractivity contribution is 7.17. The van der Waals surface area contributed by atoms with Crippen molar-refractivity contribution in [1.29, 1.82) is 0 Å². The first-order chi connectivity index (χ1) is 18.6. The van der Waals surface area contributed by atoms with Crippen molar-refractivity contribution in [3.8, 4) is 28.2 Å². The van der Waals surface area contributed by atoms with Crippen LogP contribution in [0.4, 0.5) is 0 Å². The number of nitrogens with zero attached hydrogens (tertiary/aromatic N) is 2. The zero-order chi connectivity index (χ0) is 27.5. The molecule has 0 fully saturated rings. The number of thiophene rings is 1. The minimum Gasteiger partial charge on any atom is -0.292 e. The van der Waals surface area contributed by atoms with Crippen molar-refractivity contribution in [2.75, 3.05) is 0 Å². The Morgan fingerprint density at radius 2 is 1.57 bits per heavy atom. The van der Waals surface area contributed by atoms with Crippen molar-refractivity contribution in [2.45, 2.75) is 41.0 Å². The number of imidazole rings is 1. The molecule has 0 spiro atoms. The van der Waals surface area contributed by atoms with Crippen LogP contribution in [0.25, 0.3) is 49.3 Å². The largest absolute Gasteiger partial charge is 0.292 e. The van der Waals surface area contributed by atoms with Gasteiger partial charge in [-0.05, 0) is 89.9 Å². The Morgan fingerprint density at radius 3 is 2.30 bits per heavy atom.